The smallest absolute Gasteiger partial charge is 0.107 e. The summed E-state index contributed by atoms with van der Waals surface area (Å²) in [5.41, 5.74) is 4.88. The predicted octanol–water partition coefficient (Wildman–Crippen LogP) is 3.16. The number of aliphatic imine (C=N–C) groups is 1. The molecule has 120 valence electrons. The molecule has 0 radical (unpaired) electrons. The maximum absolute atomic E-state index is 9.48. The van der Waals surface area contributed by atoms with Crippen LogP contribution in [0.4, 0.5) is 0 Å². The lowest BCUT2D eigenvalue weighted by atomic mass is 9.78. The monoisotopic (exact) mass is 309 g/mol. The topological polar surface area (TPSA) is 75.2 Å². The molecule has 0 bridgehead atoms. The first-order valence-electron chi connectivity index (χ1n) is 7.71. The molecular formula is C18H23N5. The van der Waals surface area contributed by atoms with Crippen LogP contribution >= 0.6 is 0 Å². The lowest BCUT2D eigenvalue weighted by Gasteiger charge is -2.28. The minimum Gasteiger partial charge on any atom is -0.290 e. The molecule has 23 heavy (non-hydrogen) atoms. The molecule has 0 aliphatic carbocycles. The molecule has 1 aromatic carbocycles. The third-order valence-electron chi connectivity index (χ3n) is 4.41. The van der Waals surface area contributed by atoms with Gasteiger partial charge in [-0.25, -0.2) is 5.43 Å². The highest BCUT2D eigenvalue weighted by Crippen LogP contribution is 2.33. The molecule has 0 saturated heterocycles. The van der Waals surface area contributed by atoms with Crippen molar-refractivity contribution in [3.8, 4) is 12.1 Å². The Bertz CT molecular complexity index is 659. The van der Waals surface area contributed by atoms with Crippen molar-refractivity contribution in [3.63, 3.8) is 0 Å². The van der Waals surface area contributed by atoms with E-state index in [1.54, 1.807) is 6.34 Å². The van der Waals surface area contributed by atoms with E-state index < -0.39 is 10.8 Å². The van der Waals surface area contributed by atoms with Gasteiger partial charge in [0, 0.05) is 0 Å². The van der Waals surface area contributed by atoms with Gasteiger partial charge < -0.3 is 0 Å². The van der Waals surface area contributed by atoms with E-state index in [2.05, 4.69) is 41.6 Å². The standard InChI is InChI=1S/C18H23N5/c1-13(23-12-21-11-22-23)14-6-15(17(2,3)9-19)8-16(7-14)18(4,5)10-20/h6-8,12-13,22H,11H2,1-5H3/t13-/m1/s1. The van der Waals surface area contributed by atoms with Crippen molar-refractivity contribution in [3.05, 3.63) is 34.9 Å². The molecule has 1 aliphatic rings. The number of nitrogens with zero attached hydrogens (tertiary/aromatic N) is 4. The summed E-state index contributed by atoms with van der Waals surface area (Å²) in [5.74, 6) is 0. The van der Waals surface area contributed by atoms with Crippen LogP contribution in [0, 0.1) is 22.7 Å². The molecular weight excluding hydrogens is 286 g/mol. The number of nitrogens with one attached hydrogen (secondary N) is 1. The summed E-state index contributed by atoms with van der Waals surface area (Å²) in [6.45, 7) is 10.2. The zero-order valence-corrected chi connectivity index (χ0v) is 14.4. The van der Waals surface area contributed by atoms with Crippen LogP contribution in [0.2, 0.25) is 0 Å². The fourth-order valence-corrected chi connectivity index (χ4v) is 2.43. The summed E-state index contributed by atoms with van der Waals surface area (Å²) in [4.78, 5) is 4.17. The summed E-state index contributed by atoms with van der Waals surface area (Å²) >= 11 is 0. The molecule has 0 amide bonds. The third-order valence-corrected chi connectivity index (χ3v) is 4.41. The first-order valence-corrected chi connectivity index (χ1v) is 7.71. The van der Waals surface area contributed by atoms with Crippen molar-refractivity contribution < 1.29 is 0 Å². The van der Waals surface area contributed by atoms with E-state index in [0.717, 1.165) is 16.7 Å². The number of hydrogen-bond donors (Lipinski definition) is 1. The van der Waals surface area contributed by atoms with Crippen molar-refractivity contribution >= 4 is 6.34 Å². The quantitative estimate of drug-likeness (QED) is 0.927. The SMILES string of the molecule is C[C@H](c1cc(C(C)(C)C#N)cc(C(C)(C)C#N)c1)N1C=NCN1. The largest absolute Gasteiger partial charge is 0.290 e. The molecule has 5 nitrogen and oxygen atoms in total. The van der Waals surface area contributed by atoms with Crippen LogP contribution in [-0.2, 0) is 10.8 Å². The number of rotatable bonds is 4. The molecule has 2 rings (SSSR count). The Balaban J connectivity index is 2.56. The summed E-state index contributed by atoms with van der Waals surface area (Å²) < 4.78 is 0. The third kappa shape index (κ3) is 3.36. The first kappa shape index (κ1) is 17.0. The van der Waals surface area contributed by atoms with E-state index in [-0.39, 0.29) is 6.04 Å². The number of nitriles is 2. The molecule has 1 heterocycles. The molecule has 1 aromatic rings. The van der Waals surface area contributed by atoms with Gasteiger partial charge in [0.15, 0.2) is 0 Å². The lowest BCUT2D eigenvalue weighted by molar-refractivity contribution is 0.278. The van der Waals surface area contributed by atoms with E-state index in [9.17, 15) is 10.5 Å². The molecule has 0 aromatic heterocycles. The highest BCUT2D eigenvalue weighted by molar-refractivity contribution is 5.57. The minimum absolute atomic E-state index is 0.0592. The average molecular weight is 309 g/mol. The average Bonchev–Trinajstić information content (AvgIpc) is 3.08. The van der Waals surface area contributed by atoms with Crippen LogP contribution < -0.4 is 5.43 Å². The lowest BCUT2D eigenvalue weighted by Crippen LogP contribution is -2.34. The Kier molecular flexibility index (Phi) is 4.45. The fraction of sp³-hybridized carbons (Fsp3) is 0.500. The van der Waals surface area contributed by atoms with Gasteiger partial charge in [0.25, 0.3) is 0 Å². The van der Waals surface area contributed by atoms with E-state index in [4.69, 9.17) is 0 Å². The fourth-order valence-electron chi connectivity index (χ4n) is 2.43. The minimum atomic E-state index is -0.609. The summed E-state index contributed by atoms with van der Waals surface area (Å²) in [5, 5.41) is 20.9. The second kappa shape index (κ2) is 6.02. The van der Waals surface area contributed by atoms with Gasteiger partial charge in [-0.15, -0.1) is 0 Å². The number of benzene rings is 1. The van der Waals surface area contributed by atoms with E-state index in [1.165, 1.54) is 0 Å². The molecule has 0 spiro atoms. The molecule has 1 atom stereocenters. The summed E-state index contributed by atoms with van der Waals surface area (Å²) in [7, 11) is 0. The van der Waals surface area contributed by atoms with Crippen LogP contribution in [0.3, 0.4) is 0 Å². The van der Waals surface area contributed by atoms with Crippen molar-refractivity contribution in [2.24, 2.45) is 4.99 Å². The Morgan fingerprint density at radius 1 is 1.09 bits per heavy atom. The summed E-state index contributed by atoms with van der Waals surface area (Å²) in [6.07, 6.45) is 1.78. The predicted molar refractivity (Wildman–Crippen MR) is 90.5 cm³/mol. The van der Waals surface area contributed by atoms with Crippen LogP contribution in [0.1, 0.15) is 57.4 Å². The van der Waals surface area contributed by atoms with Crippen molar-refractivity contribution in [1.29, 1.82) is 10.5 Å². The van der Waals surface area contributed by atoms with Gasteiger partial charge in [0.1, 0.15) is 13.0 Å². The second-order valence-corrected chi connectivity index (χ2v) is 7.01. The molecule has 0 unspecified atom stereocenters. The Hall–Kier alpha value is -2.37. The molecule has 1 aliphatic heterocycles. The number of hydrogen-bond acceptors (Lipinski definition) is 5. The van der Waals surface area contributed by atoms with Gasteiger partial charge in [-0.3, -0.25) is 10.0 Å². The van der Waals surface area contributed by atoms with Crippen LogP contribution in [-0.4, -0.2) is 18.0 Å². The highest BCUT2D eigenvalue weighted by atomic mass is 15.6. The Morgan fingerprint density at radius 3 is 2.00 bits per heavy atom. The van der Waals surface area contributed by atoms with Gasteiger partial charge >= 0.3 is 0 Å². The molecule has 5 heteroatoms. The van der Waals surface area contributed by atoms with E-state index >= 15 is 0 Å². The van der Waals surface area contributed by atoms with Gasteiger partial charge in [-0.05, 0) is 51.3 Å². The zero-order valence-electron chi connectivity index (χ0n) is 14.4. The van der Waals surface area contributed by atoms with Crippen LogP contribution in [0.15, 0.2) is 23.2 Å². The van der Waals surface area contributed by atoms with Crippen molar-refractivity contribution in [1.82, 2.24) is 10.4 Å². The van der Waals surface area contributed by atoms with E-state index in [0.29, 0.717) is 6.67 Å². The maximum atomic E-state index is 9.48. The Morgan fingerprint density at radius 2 is 1.61 bits per heavy atom. The second-order valence-electron chi connectivity index (χ2n) is 7.01. The van der Waals surface area contributed by atoms with E-state index in [1.807, 2.05) is 38.8 Å². The molecule has 0 fully saturated rings. The van der Waals surface area contributed by atoms with Crippen LogP contribution in [0.25, 0.3) is 0 Å². The Labute approximate surface area is 138 Å². The van der Waals surface area contributed by atoms with Gasteiger partial charge in [0.2, 0.25) is 0 Å². The highest BCUT2D eigenvalue weighted by Gasteiger charge is 2.28. The van der Waals surface area contributed by atoms with Crippen molar-refractivity contribution in [2.75, 3.05) is 6.67 Å². The van der Waals surface area contributed by atoms with Crippen molar-refractivity contribution in [2.45, 2.75) is 51.5 Å². The van der Waals surface area contributed by atoms with Gasteiger partial charge in [-0.1, -0.05) is 18.2 Å². The molecule has 1 N–H and O–H groups in total. The number of hydrazine groups is 1. The van der Waals surface area contributed by atoms with Gasteiger partial charge in [0.05, 0.1) is 29.0 Å². The van der Waals surface area contributed by atoms with Gasteiger partial charge in [-0.2, -0.15) is 10.5 Å². The van der Waals surface area contributed by atoms with Crippen LogP contribution in [0.5, 0.6) is 0 Å². The normalized spacial score (nSPS) is 16.0. The zero-order chi connectivity index (χ0) is 17.3. The first-order chi connectivity index (χ1) is 10.7. The maximum Gasteiger partial charge on any atom is 0.107 e. The summed E-state index contributed by atoms with van der Waals surface area (Å²) in [6, 6.07) is 10.9. The molecule has 0 saturated carbocycles.